The first kappa shape index (κ1) is 11.1. The van der Waals surface area contributed by atoms with Crippen LogP contribution in [0.5, 0.6) is 0 Å². The molecule has 0 aromatic rings. The minimum Gasteiger partial charge on any atom is -0.480 e. The molecule has 1 aliphatic rings. The van der Waals surface area contributed by atoms with Crippen molar-refractivity contribution in [2.24, 2.45) is 0 Å². The lowest BCUT2D eigenvalue weighted by atomic mass is 10.3. The van der Waals surface area contributed by atoms with Gasteiger partial charge in [-0.1, -0.05) is 6.08 Å². The van der Waals surface area contributed by atoms with Crippen LogP contribution < -0.4 is 11.0 Å². The molecule has 0 aromatic heterocycles. The standard InChI is InChI=1S/C8H15N3O3/c1-2-7(8(12)13)9-10-11-3-5-14-6-4-11/h2,7,9-10H,1,3-6H2,(H,12,13). The topological polar surface area (TPSA) is 73.8 Å². The number of aliphatic carboxylic acids is 1. The van der Waals surface area contributed by atoms with E-state index in [0.29, 0.717) is 13.2 Å². The predicted octanol–water partition coefficient (Wildman–Crippen LogP) is -1.03. The van der Waals surface area contributed by atoms with Crippen molar-refractivity contribution in [1.29, 1.82) is 0 Å². The van der Waals surface area contributed by atoms with E-state index in [1.165, 1.54) is 6.08 Å². The van der Waals surface area contributed by atoms with Crippen molar-refractivity contribution in [2.75, 3.05) is 26.3 Å². The summed E-state index contributed by atoms with van der Waals surface area (Å²) < 4.78 is 5.13. The first-order chi connectivity index (χ1) is 6.74. The van der Waals surface area contributed by atoms with E-state index in [9.17, 15) is 4.79 Å². The lowest BCUT2D eigenvalue weighted by Gasteiger charge is -2.28. The zero-order chi connectivity index (χ0) is 10.4. The Balaban J connectivity index is 2.23. The van der Waals surface area contributed by atoms with E-state index in [1.54, 1.807) is 0 Å². The van der Waals surface area contributed by atoms with Crippen LogP contribution in [0.3, 0.4) is 0 Å². The van der Waals surface area contributed by atoms with Gasteiger partial charge in [-0.3, -0.25) is 4.79 Å². The van der Waals surface area contributed by atoms with E-state index in [4.69, 9.17) is 9.84 Å². The van der Waals surface area contributed by atoms with Gasteiger partial charge in [0.25, 0.3) is 0 Å². The summed E-state index contributed by atoms with van der Waals surface area (Å²) in [7, 11) is 0. The Morgan fingerprint density at radius 3 is 2.71 bits per heavy atom. The zero-order valence-corrected chi connectivity index (χ0v) is 7.90. The smallest absolute Gasteiger partial charge is 0.326 e. The van der Waals surface area contributed by atoms with E-state index < -0.39 is 12.0 Å². The van der Waals surface area contributed by atoms with Gasteiger partial charge in [0.05, 0.1) is 13.2 Å². The van der Waals surface area contributed by atoms with Crippen LogP contribution in [0.25, 0.3) is 0 Å². The zero-order valence-electron chi connectivity index (χ0n) is 7.90. The molecule has 0 aromatic carbocycles. The fourth-order valence-electron chi connectivity index (χ4n) is 1.06. The Morgan fingerprint density at radius 2 is 2.21 bits per heavy atom. The summed E-state index contributed by atoms with van der Waals surface area (Å²) in [6, 6.07) is -0.780. The van der Waals surface area contributed by atoms with E-state index in [2.05, 4.69) is 17.5 Å². The molecular weight excluding hydrogens is 186 g/mol. The minimum absolute atomic E-state index is 0.653. The van der Waals surface area contributed by atoms with Crippen LogP contribution in [-0.2, 0) is 9.53 Å². The molecule has 6 heteroatoms. The third-order valence-electron chi connectivity index (χ3n) is 1.89. The van der Waals surface area contributed by atoms with Crippen LogP contribution in [0.15, 0.2) is 12.7 Å². The summed E-state index contributed by atoms with van der Waals surface area (Å²) in [4.78, 5) is 10.6. The highest BCUT2D eigenvalue weighted by Crippen LogP contribution is 1.91. The maximum Gasteiger partial charge on any atom is 0.326 e. The molecule has 0 spiro atoms. The molecule has 0 bridgehead atoms. The fraction of sp³-hybridized carbons (Fsp3) is 0.625. The third kappa shape index (κ3) is 3.43. The summed E-state index contributed by atoms with van der Waals surface area (Å²) in [6.45, 7) is 6.19. The number of rotatable bonds is 5. The van der Waals surface area contributed by atoms with Gasteiger partial charge in [-0.05, 0) is 0 Å². The molecule has 1 unspecified atom stereocenters. The monoisotopic (exact) mass is 201 g/mol. The molecule has 1 atom stereocenters. The van der Waals surface area contributed by atoms with Gasteiger partial charge in [0, 0.05) is 13.1 Å². The molecule has 3 N–H and O–H groups in total. The van der Waals surface area contributed by atoms with Gasteiger partial charge in [-0.25, -0.2) is 10.4 Å². The molecule has 0 saturated carbocycles. The summed E-state index contributed by atoms with van der Waals surface area (Å²) in [5, 5.41) is 10.5. The summed E-state index contributed by atoms with van der Waals surface area (Å²) in [6.07, 6.45) is 1.33. The molecule has 1 saturated heterocycles. The van der Waals surface area contributed by atoms with E-state index in [0.717, 1.165) is 13.1 Å². The fourth-order valence-corrected chi connectivity index (χ4v) is 1.06. The molecule has 80 valence electrons. The maximum atomic E-state index is 10.6. The average Bonchev–Trinajstić information content (AvgIpc) is 2.20. The Morgan fingerprint density at radius 1 is 1.57 bits per heavy atom. The Labute approximate surface area is 82.5 Å². The SMILES string of the molecule is C=CC(NNN1CCOCC1)C(=O)O. The molecule has 0 aliphatic carbocycles. The van der Waals surface area contributed by atoms with Gasteiger partial charge in [-0.2, -0.15) is 5.53 Å². The van der Waals surface area contributed by atoms with Crippen LogP contribution in [0, 0.1) is 0 Å². The highest BCUT2D eigenvalue weighted by Gasteiger charge is 2.15. The third-order valence-corrected chi connectivity index (χ3v) is 1.89. The number of carboxylic acid groups (broad SMARTS) is 1. The van der Waals surface area contributed by atoms with Gasteiger partial charge in [0.15, 0.2) is 0 Å². The number of hydrazine groups is 2. The first-order valence-electron chi connectivity index (χ1n) is 4.43. The number of nitrogens with one attached hydrogen (secondary N) is 2. The van der Waals surface area contributed by atoms with Crippen molar-refractivity contribution in [1.82, 2.24) is 16.0 Å². The lowest BCUT2D eigenvalue weighted by molar-refractivity contribution is -0.139. The number of nitrogens with zero attached hydrogens (tertiary/aromatic N) is 1. The minimum atomic E-state index is -0.958. The van der Waals surface area contributed by atoms with Gasteiger partial charge < -0.3 is 9.84 Å². The van der Waals surface area contributed by atoms with Crippen LogP contribution in [0.1, 0.15) is 0 Å². The van der Waals surface area contributed by atoms with E-state index in [1.807, 2.05) is 5.01 Å². The van der Waals surface area contributed by atoms with Crippen molar-refractivity contribution in [2.45, 2.75) is 6.04 Å². The Bertz CT molecular complexity index is 204. The van der Waals surface area contributed by atoms with Crippen LogP contribution >= 0.6 is 0 Å². The van der Waals surface area contributed by atoms with Gasteiger partial charge in [0.2, 0.25) is 0 Å². The molecular formula is C8H15N3O3. The lowest BCUT2D eigenvalue weighted by Crippen LogP contribution is -2.56. The second-order valence-electron chi connectivity index (χ2n) is 2.91. The summed E-state index contributed by atoms with van der Waals surface area (Å²) in [5.41, 5.74) is 5.45. The Kier molecular flexibility index (Phi) is 4.54. The van der Waals surface area contributed by atoms with Crippen molar-refractivity contribution >= 4 is 5.97 Å². The normalized spacial score (nSPS) is 20.3. The number of carboxylic acids is 1. The van der Waals surface area contributed by atoms with Gasteiger partial charge in [-0.15, -0.1) is 6.58 Å². The van der Waals surface area contributed by atoms with Gasteiger partial charge in [0.1, 0.15) is 6.04 Å². The summed E-state index contributed by atoms with van der Waals surface area (Å²) >= 11 is 0. The highest BCUT2D eigenvalue weighted by atomic mass is 16.5. The second kappa shape index (κ2) is 5.71. The maximum absolute atomic E-state index is 10.6. The number of carbonyl (C=O) groups is 1. The predicted molar refractivity (Wildman–Crippen MR) is 50.3 cm³/mol. The van der Waals surface area contributed by atoms with Gasteiger partial charge >= 0.3 is 5.97 Å². The molecule has 1 rings (SSSR count). The first-order valence-corrected chi connectivity index (χ1v) is 4.43. The number of ether oxygens (including phenoxy) is 1. The van der Waals surface area contributed by atoms with Crippen molar-refractivity contribution < 1.29 is 14.6 Å². The van der Waals surface area contributed by atoms with E-state index in [-0.39, 0.29) is 0 Å². The highest BCUT2D eigenvalue weighted by molar-refractivity contribution is 5.75. The largest absolute Gasteiger partial charge is 0.480 e. The molecule has 6 nitrogen and oxygen atoms in total. The number of morpholine rings is 1. The van der Waals surface area contributed by atoms with Crippen LogP contribution in [0.4, 0.5) is 0 Å². The molecule has 1 aliphatic heterocycles. The average molecular weight is 201 g/mol. The van der Waals surface area contributed by atoms with Crippen molar-refractivity contribution in [3.05, 3.63) is 12.7 Å². The number of hydrogen-bond acceptors (Lipinski definition) is 5. The van der Waals surface area contributed by atoms with E-state index >= 15 is 0 Å². The number of hydrogen-bond donors (Lipinski definition) is 3. The quantitative estimate of drug-likeness (QED) is 0.390. The molecule has 1 fully saturated rings. The molecule has 0 amide bonds. The Hall–Kier alpha value is -0.950. The van der Waals surface area contributed by atoms with Crippen molar-refractivity contribution in [3.8, 4) is 0 Å². The van der Waals surface area contributed by atoms with Crippen molar-refractivity contribution in [3.63, 3.8) is 0 Å². The van der Waals surface area contributed by atoms with Crippen LogP contribution in [-0.4, -0.2) is 48.4 Å². The molecule has 1 heterocycles. The van der Waals surface area contributed by atoms with Crippen LogP contribution in [0.2, 0.25) is 0 Å². The molecule has 0 radical (unpaired) electrons. The molecule has 14 heavy (non-hydrogen) atoms. The second-order valence-corrected chi connectivity index (χ2v) is 2.91. The summed E-state index contributed by atoms with van der Waals surface area (Å²) in [5.74, 6) is -0.958.